The molecule has 1 fully saturated rings. The fraction of sp³-hybridized carbons (Fsp3) is 0.389. The third kappa shape index (κ3) is 3.67. The van der Waals surface area contributed by atoms with Crippen molar-refractivity contribution in [1.82, 2.24) is 9.97 Å². The SMILES string of the molecule is Cc1ccc(NC(=O)c2cnc(N3CCCCC3)nc2C)cc1. The van der Waals surface area contributed by atoms with Crippen molar-refractivity contribution in [3.8, 4) is 0 Å². The minimum Gasteiger partial charge on any atom is -0.341 e. The van der Waals surface area contributed by atoms with Gasteiger partial charge in [0.1, 0.15) is 0 Å². The third-order valence-electron chi connectivity index (χ3n) is 4.16. The molecule has 5 nitrogen and oxygen atoms in total. The lowest BCUT2D eigenvalue weighted by molar-refractivity contribution is 0.102. The molecule has 1 aromatic heterocycles. The fourth-order valence-electron chi connectivity index (χ4n) is 2.76. The van der Waals surface area contributed by atoms with Crippen LogP contribution in [-0.2, 0) is 0 Å². The number of aromatic nitrogens is 2. The summed E-state index contributed by atoms with van der Waals surface area (Å²) in [6, 6.07) is 7.73. The first-order valence-electron chi connectivity index (χ1n) is 8.10. The van der Waals surface area contributed by atoms with Gasteiger partial charge in [0.15, 0.2) is 0 Å². The summed E-state index contributed by atoms with van der Waals surface area (Å²) in [5.74, 6) is 0.561. The molecule has 3 rings (SSSR count). The number of anilines is 2. The maximum Gasteiger partial charge on any atom is 0.259 e. The van der Waals surface area contributed by atoms with Crippen LogP contribution < -0.4 is 10.2 Å². The predicted octanol–water partition coefficient (Wildman–Crippen LogP) is 3.34. The number of hydrogen-bond donors (Lipinski definition) is 1. The molecule has 0 aliphatic carbocycles. The molecule has 5 heteroatoms. The van der Waals surface area contributed by atoms with E-state index in [1.807, 2.05) is 38.1 Å². The standard InChI is InChI=1S/C18H22N4O/c1-13-6-8-15(9-7-13)21-17(23)16-12-19-18(20-14(16)2)22-10-4-3-5-11-22/h6-9,12H,3-5,10-11H2,1-2H3,(H,21,23). The molecule has 1 aromatic carbocycles. The molecule has 2 heterocycles. The van der Waals surface area contributed by atoms with Crippen LogP contribution >= 0.6 is 0 Å². The van der Waals surface area contributed by atoms with Crippen molar-refractivity contribution in [2.24, 2.45) is 0 Å². The highest BCUT2D eigenvalue weighted by atomic mass is 16.1. The van der Waals surface area contributed by atoms with Crippen LogP contribution in [0.5, 0.6) is 0 Å². The van der Waals surface area contributed by atoms with E-state index in [-0.39, 0.29) is 5.91 Å². The van der Waals surface area contributed by atoms with Crippen molar-refractivity contribution in [2.75, 3.05) is 23.3 Å². The molecule has 1 amide bonds. The molecule has 0 atom stereocenters. The molecule has 0 bridgehead atoms. The number of piperidine rings is 1. The molecule has 0 saturated carbocycles. The zero-order valence-corrected chi connectivity index (χ0v) is 13.7. The minimum absolute atomic E-state index is 0.170. The molecule has 1 aliphatic rings. The predicted molar refractivity (Wildman–Crippen MR) is 92.0 cm³/mol. The van der Waals surface area contributed by atoms with Crippen molar-refractivity contribution >= 4 is 17.5 Å². The first-order valence-corrected chi connectivity index (χ1v) is 8.10. The maximum absolute atomic E-state index is 12.4. The van der Waals surface area contributed by atoms with E-state index in [4.69, 9.17) is 0 Å². The molecule has 0 spiro atoms. The van der Waals surface area contributed by atoms with E-state index in [0.717, 1.165) is 30.3 Å². The number of rotatable bonds is 3. The van der Waals surface area contributed by atoms with Crippen molar-refractivity contribution in [3.63, 3.8) is 0 Å². The van der Waals surface area contributed by atoms with Gasteiger partial charge in [-0.1, -0.05) is 17.7 Å². The Morgan fingerprint density at radius 1 is 1.09 bits per heavy atom. The number of aryl methyl sites for hydroxylation is 2. The second-order valence-electron chi connectivity index (χ2n) is 6.04. The van der Waals surface area contributed by atoms with Crippen LogP contribution in [0, 0.1) is 13.8 Å². The molecule has 120 valence electrons. The Hall–Kier alpha value is -2.43. The van der Waals surface area contributed by atoms with Crippen LogP contribution in [-0.4, -0.2) is 29.0 Å². The average molecular weight is 310 g/mol. The molecule has 1 aliphatic heterocycles. The number of carbonyl (C=O) groups is 1. The van der Waals surface area contributed by atoms with E-state index < -0.39 is 0 Å². The van der Waals surface area contributed by atoms with Gasteiger partial charge in [0.25, 0.3) is 5.91 Å². The normalized spacial score (nSPS) is 14.6. The molecule has 0 unspecified atom stereocenters. The molecular weight excluding hydrogens is 288 g/mol. The van der Waals surface area contributed by atoms with Gasteiger partial charge in [-0.25, -0.2) is 9.97 Å². The summed E-state index contributed by atoms with van der Waals surface area (Å²) in [5.41, 5.74) is 3.17. The van der Waals surface area contributed by atoms with Crippen LogP contribution in [0.3, 0.4) is 0 Å². The van der Waals surface area contributed by atoms with Gasteiger partial charge in [0.2, 0.25) is 5.95 Å². The molecule has 0 radical (unpaired) electrons. The van der Waals surface area contributed by atoms with Crippen LogP contribution in [0.25, 0.3) is 0 Å². The Kier molecular flexibility index (Phi) is 4.55. The van der Waals surface area contributed by atoms with Crippen molar-refractivity contribution in [3.05, 3.63) is 47.3 Å². The Labute approximate surface area is 136 Å². The van der Waals surface area contributed by atoms with Gasteiger partial charge < -0.3 is 10.2 Å². The van der Waals surface area contributed by atoms with Gasteiger partial charge >= 0.3 is 0 Å². The lowest BCUT2D eigenvalue weighted by atomic mass is 10.1. The van der Waals surface area contributed by atoms with Gasteiger partial charge in [-0.15, -0.1) is 0 Å². The Morgan fingerprint density at radius 3 is 2.43 bits per heavy atom. The summed E-state index contributed by atoms with van der Waals surface area (Å²) in [6.45, 7) is 5.87. The van der Waals surface area contributed by atoms with Crippen LogP contribution in [0.15, 0.2) is 30.5 Å². The summed E-state index contributed by atoms with van der Waals surface area (Å²) in [5, 5.41) is 2.89. The van der Waals surface area contributed by atoms with Gasteiger partial charge in [0.05, 0.1) is 11.3 Å². The number of amides is 1. The Morgan fingerprint density at radius 2 is 1.78 bits per heavy atom. The largest absolute Gasteiger partial charge is 0.341 e. The summed E-state index contributed by atoms with van der Waals surface area (Å²) < 4.78 is 0. The zero-order chi connectivity index (χ0) is 16.2. The van der Waals surface area contributed by atoms with E-state index in [1.54, 1.807) is 6.20 Å². The van der Waals surface area contributed by atoms with Crippen LogP contribution in [0.1, 0.15) is 40.9 Å². The van der Waals surface area contributed by atoms with E-state index in [1.165, 1.54) is 19.3 Å². The van der Waals surface area contributed by atoms with E-state index in [2.05, 4.69) is 20.2 Å². The van der Waals surface area contributed by atoms with E-state index >= 15 is 0 Å². The van der Waals surface area contributed by atoms with E-state index in [0.29, 0.717) is 11.3 Å². The highest BCUT2D eigenvalue weighted by molar-refractivity contribution is 6.04. The first kappa shape index (κ1) is 15.5. The molecule has 1 saturated heterocycles. The number of benzene rings is 1. The monoisotopic (exact) mass is 310 g/mol. The zero-order valence-electron chi connectivity index (χ0n) is 13.7. The first-order chi connectivity index (χ1) is 11.1. The Balaban J connectivity index is 1.74. The quantitative estimate of drug-likeness (QED) is 0.944. The minimum atomic E-state index is -0.170. The molecule has 1 N–H and O–H groups in total. The van der Waals surface area contributed by atoms with Crippen molar-refractivity contribution < 1.29 is 4.79 Å². The van der Waals surface area contributed by atoms with Crippen molar-refractivity contribution in [1.29, 1.82) is 0 Å². The maximum atomic E-state index is 12.4. The van der Waals surface area contributed by atoms with Gasteiger partial charge in [-0.2, -0.15) is 0 Å². The highest BCUT2D eigenvalue weighted by Gasteiger charge is 2.17. The second kappa shape index (κ2) is 6.77. The summed E-state index contributed by atoms with van der Waals surface area (Å²) >= 11 is 0. The average Bonchev–Trinajstić information content (AvgIpc) is 2.57. The second-order valence-corrected chi connectivity index (χ2v) is 6.04. The van der Waals surface area contributed by atoms with Crippen molar-refractivity contribution in [2.45, 2.75) is 33.1 Å². The number of nitrogens with zero attached hydrogens (tertiary/aromatic N) is 3. The lowest BCUT2D eigenvalue weighted by Crippen LogP contribution is -2.31. The number of nitrogens with one attached hydrogen (secondary N) is 1. The summed E-state index contributed by atoms with van der Waals surface area (Å²) in [7, 11) is 0. The fourth-order valence-corrected chi connectivity index (χ4v) is 2.76. The van der Waals surface area contributed by atoms with Gasteiger partial charge in [-0.05, 0) is 45.2 Å². The third-order valence-corrected chi connectivity index (χ3v) is 4.16. The summed E-state index contributed by atoms with van der Waals surface area (Å²) in [6.07, 6.45) is 5.26. The highest BCUT2D eigenvalue weighted by Crippen LogP contribution is 2.18. The molecule has 23 heavy (non-hydrogen) atoms. The molecular formula is C18H22N4O. The molecule has 2 aromatic rings. The van der Waals surface area contributed by atoms with Gasteiger partial charge in [0, 0.05) is 25.0 Å². The smallest absolute Gasteiger partial charge is 0.259 e. The van der Waals surface area contributed by atoms with E-state index in [9.17, 15) is 4.79 Å². The van der Waals surface area contributed by atoms with Crippen LogP contribution in [0.4, 0.5) is 11.6 Å². The number of hydrogen-bond acceptors (Lipinski definition) is 4. The summed E-state index contributed by atoms with van der Waals surface area (Å²) in [4.78, 5) is 23.5. The topological polar surface area (TPSA) is 58.1 Å². The lowest BCUT2D eigenvalue weighted by Gasteiger charge is -2.26. The number of carbonyl (C=O) groups excluding carboxylic acids is 1. The van der Waals surface area contributed by atoms with Crippen LogP contribution in [0.2, 0.25) is 0 Å². The Bertz CT molecular complexity index is 691. The van der Waals surface area contributed by atoms with Gasteiger partial charge in [-0.3, -0.25) is 4.79 Å².